The molecule has 1 fully saturated rings. The van der Waals surface area contributed by atoms with E-state index in [9.17, 15) is 27.6 Å². The second-order valence-corrected chi connectivity index (χ2v) is 14.5. The van der Waals surface area contributed by atoms with Crippen molar-refractivity contribution in [2.45, 2.75) is 64.3 Å². The summed E-state index contributed by atoms with van der Waals surface area (Å²) in [5.41, 5.74) is 1.60. The van der Waals surface area contributed by atoms with Gasteiger partial charge in [0.1, 0.15) is 18.7 Å². The van der Waals surface area contributed by atoms with E-state index in [1.54, 1.807) is 0 Å². The lowest BCUT2D eigenvalue weighted by molar-refractivity contribution is -0.130. The largest absolute Gasteiger partial charge is 0.445 e. The molecule has 4 rings (SSSR count). The zero-order valence-corrected chi connectivity index (χ0v) is 28.3. The zero-order chi connectivity index (χ0) is 34.7. The van der Waals surface area contributed by atoms with Crippen molar-refractivity contribution in [3.05, 3.63) is 95.4 Å². The fraction of sp³-hybridized carbons (Fsp3) is 0.389. The molecule has 12 heteroatoms. The highest BCUT2D eigenvalue weighted by molar-refractivity contribution is 7.93. The molecule has 1 saturated heterocycles. The van der Waals surface area contributed by atoms with Gasteiger partial charge < -0.3 is 26.0 Å². The Balaban J connectivity index is 1.55. The molecule has 11 nitrogen and oxygen atoms in total. The molecule has 4 N–H and O–H groups in total. The fourth-order valence-corrected chi connectivity index (χ4v) is 6.14. The minimum absolute atomic E-state index is 0.00742. The van der Waals surface area contributed by atoms with Gasteiger partial charge in [0.25, 0.3) is 0 Å². The molecule has 0 spiro atoms. The molecule has 3 aromatic carbocycles. The number of hydrogen-bond donors (Lipinski definition) is 4. The molecule has 1 heterocycles. The van der Waals surface area contributed by atoms with E-state index >= 15 is 0 Å². The predicted molar refractivity (Wildman–Crippen MR) is 184 cm³/mol. The van der Waals surface area contributed by atoms with Crippen molar-refractivity contribution in [3.63, 3.8) is 0 Å². The Bertz CT molecular complexity index is 1720. The first-order valence-electron chi connectivity index (χ1n) is 16.1. The summed E-state index contributed by atoms with van der Waals surface area (Å²) < 4.78 is 29.2. The van der Waals surface area contributed by atoms with Crippen molar-refractivity contribution < 1.29 is 32.3 Å². The summed E-state index contributed by atoms with van der Waals surface area (Å²) in [5.74, 6) is -1.68. The van der Waals surface area contributed by atoms with E-state index in [1.165, 1.54) is 6.08 Å². The quantitative estimate of drug-likeness (QED) is 0.191. The number of ether oxygens (including phenoxy) is 1. The first kappa shape index (κ1) is 36.1. The van der Waals surface area contributed by atoms with Crippen molar-refractivity contribution in [2.24, 2.45) is 11.8 Å². The van der Waals surface area contributed by atoms with Crippen LogP contribution in [0.15, 0.2) is 84.3 Å². The molecule has 0 aromatic heterocycles. The van der Waals surface area contributed by atoms with Gasteiger partial charge in [-0.25, -0.2) is 13.2 Å². The third kappa shape index (κ3) is 11.2. The first-order chi connectivity index (χ1) is 22.9. The van der Waals surface area contributed by atoms with Crippen molar-refractivity contribution >= 4 is 44.4 Å². The van der Waals surface area contributed by atoms with Gasteiger partial charge in [-0.05, 0) is 47.1 Å². The van der Waals surface area contributed by atoms with Crippen molar-refractivity contribution in [1.29, 1.82) is 0 Å². The van der Waals surface area contributed by atoms with E-state index in [1.807, 2.05) is 86.6 Å². The number of carbonyl (C=O) groups is 4. The van der Waals surface area contributed by atoms with Crippen molar-refractivity contribution in [3.8, 4) is 0 Å². The third-order valence-corrected chi connectivity index (χ3v) is 8.70. The highest BCUT2D eigenvalue weighted by Crippen LogP contribution is 2.21. The van der Waals surface area contributed by atoms with Gasteiger partial charge in [0.05, 0.1) is 0 Å². The fourth-order valence-electron chi connectivity index (χ4n) is 5.66. The Kier molecular flexibility index (Phi) is 12.7. The van der Waals surface area contributed by atoms with Gasteiger partial charge >= 0.3 is 6.09 Å². The molecule has 0 aliphatic carbocycles. The lowest BCUT2D eigenvalue weighted by atomic mass is 9.96. The smallest absolute Gasteiger partial charge is 0.408 e. The summed E-state index contributed by atoms with van der Waals surface area (Å²) in [6.45, 7) is 4.33. The van der Waals surface area contributed by atoms with Gasteiger partial charge in [-0.3, -0.25) is 14.4 Å². The maximum atomic E-state index is 13.9. The van der Waals surface area contributed by atoms with Gasteiger partial charge in [-0.1, -0.05) is 92.7 Å². The van der Waals surface area contributed by atoms with E-state index in [-0.39, 0.29) is 37.7 Å². The Hall–Kier alpha value is -4.71. The number of alkyl carbamates (subject to hydrolysis) is 1. The number of amides is 4. The average molecular weight is 677 g/mol. The summed E-state index contributed by atoms with van der Waals surface area (Å²) >= 11 is 0. The molecular weight excluding hydrogens is 632 g/mol. The standard InChI is InChI=1S/C36H44N4O7S/c1-24(2)20-31(34(42)38-29(17-19-48(3,45)46)21-28-16-18-37-33(28)41)39-35(43)32(40-36(44)47-23-25-10-5-4-6-11-25)22-27-14-9-13-26-12-7-8-15-30(26)27/h4-15,17,19,24,28-29,31-32H,16,18,20-23H2,1-3H3,(H,37,41)(H,38,42)(H,39,43)(H,40,44)/b19-17+/t28-,29+,31-,32-/m0/s1. The number of sulfone groups is 1. The summed E-state index contributed by atoms with van der Waals surface area (Å²) in [6.07, 6.45) is 2.77. The van der Waals surface area contributed by atoms with E-state index in [2.05, 4.69) is 21.3 Å². The van der Waals surface area contributed by atoms with E-state index in [0.29, 0.717) is 13.0 Å². The van der Waals surface area contributed by atoms with Gasteiger partial charge in [-0.15, -0.1) is 0 Å². The van der Waals surface area contributed by atoms with Crippen LogP contribution in [-0.4, -0.2) is 63.2 Å². The molecule has 4 atom stereocenters. The molecule has 3 aromatic rings. The van der Waals surface area contributed by atoms with Crippen LogP contribution >= 0.6 is 0 Å². The van der Waals surface area contributed by atoms with Gasteiger partial charge in [0.15, 0.2) is 9.84 Å². The predicted octanol–water partition coefficient (Wildman–Crippen LogP) is 3.78. The van der Waals surface area contributed by atoms with Gasteiger partial charge in [-0.2, -0.15) is 0 Å². The van der Waals surface area contributed by atoms with Crippen LogP contribution in [0.2, 0.25) is 0 Å². The molecule has 1 aliphatic rings. The average Bonchev–Trinajstić information content (AvgIpc) is 3.45. The van der Waals surface area contributed by atoms with E-state index in [0.717, 1.165) is 33.6 Å². The molecule has 0 saturated carbocycles. The molecule has 4 amide bonds. The highest BCUT2D eigenvalue weighted by atomic mass is 32.2. The monoisotopic (exact) mass is 676 g/mol. The van der Waals surface area contributed by atoms with E-state index < -0.39 is 51.8 Å². The first-order valence-corrected chi connectivity index (χ1v) is 18.0. The van der Waals surface area contributed by atoms with Crippen molar-refractivity contribution in [2.75, 3.05) is 12.8 Å². The zero-order valence-electron chi connectivity index (χ0n) is 27.5. The lowest BCUT2D eigenvalue weighted by Crippen LogP contribution is -2.55. The van der Waals surface area contributed by atoms with Gasteiger partial charge in [0.2, 0.25) is 17.7 Å². The van der Waals surface area contributed by atoms with Crippen LogP contribution in [0.1, 0.15) is 44.2 Å². The number of fused-ring (bicyclic) bond motifs is 1. The molecule has 0 bridgehead atoms. The van der Waals surface area contributed by atoms with Crippen molar-refractivity contribution in [1.82, 2.24) is 21.3 Å². The second-order valence-electron chi connectivity index (χ2n) is 12.6. The van der Waals surface area contributed by atoms with Crippen LogP contribution in [0, 0.1) is 11.8 Å². The molecule has 0 radical (unpaired) electrons. The Morgan fingerprint density at radius 1 is 0.917 bits per heavy atom. The minimum Gasteiger partial charge on any atom is -0.445 e. The van der Waals surface area contributed by atoms with Crippen LogP contribution in [-0.2, 0) is 42.0 Å². The van der Waals surface area contributed by atoms with Crippen LogP contribution in [0.25, 0.3) is 10.8 Å². The Labute approximate surface area is 281 Å². The minimum atomic E-state index is -3.51. The SMILES string of the molecule is CC(C)C[C@H](NC(=O)[C@H](Cc1cccc2ccccc12)NC(=O)OCc1ccccc1)C(=O)N[C@H](/C=C/S(C)(=O)=O)C[C@@H]1CCNC1=O. The number of hydrogen-bond acceptors (Lipinski definition) is 7. The summed E-state index contributed by atoms with van der Waals surface area (Å²) in [7, 11) is -3.51. The van der Waals surface area contributed by atoms with E-state index in [4.69, 9.17) is 4.74 Å². The number of nitrogens with one attached hydrogen (secondary N) is 4. The Morgan fingerprint density at radius 2 is 1.60 bits per heavy atom. The summed E-state index contributed by atoms with van der Waals surface area (Å²) in [4.78, 5) is 52.9. The molecule has 0 unspecified atom stereocenters. The summed E-state index contributed by atoms with van der Waals surface area (Å²) in [6, 6.07) is 19.7. The highest BCUT2D eigenvalue weighted by Gasteiger charge is 2.31. The maximum absolute atomic E-state index is 13.9. The van der Waals surface area contributed by atoms with Gasteiger partial charge in [0, 0.05) is 36.6 Å². The third-order valence-electron chi connectivity index (χ3n) is 8.05. The van der Waals surface area contributed by atoms with Crippen LogP contribution < -0.4 is 21.3 Å². The number of benzene rings is 3. The molecule has 48 heavy (non-hydrogen) atoms. The maximum Gasteiger partial charge on any atom is 0.408 e. The van der Waals surface area contributed by atoms with Crippen LogP contribution in [0.5, 0.6) is 0 Å². The topological polar surface area (TPSA) is 160 Å². The van der Waals surface area contributed by atoms with Crippen LogP contribution in [0.4, 0.5) is 4.79 Å². The molecule has 256 valence electrons. The lowest BCUT2D eigenvalue weighted by Gasteiger charge is -2.26. The van der Waals surface area contributed by atoms with Crippen LogP contribution in [0.3, 0.4) is 0 Å². The number of rotatable bonds is 15. The molecule has 1 aliphatic heterocycles. The Morgan fingerprint density at radius 3 is 2.29 bits per heavy atom. The normalized spacial score (nSPS) is 16.7. The molecular formula is C36H44N4O7S. The summed E-state index contributed by atoms with van der Waals surface area (Å²) in [5, 5.41) is 14.0. The number of carbonyl (C=O) groups excluding carboxylic acids is 4. The second kappa shape index (κ2) is 16.9.